The quantitative estimate of drug-likeness (QED) is 0.902. The van der Waals surface area contributed by atoms with E-state index < -0.39 is 5.60 Å². The molecule has 0 atom stereocenters. The van der Waals surface area contributed by atoms with Crippen LogP contribution in [-0.2, 0) is 11.3 Å². The summed E-state index contributed by atoms with van der Waals surface area (Å²) >= 11 is 0. The fraction of sp³-hybridized carbons (Fsp3) is 0.588. The SMILES string of the molecule is CC(C)(C)OC(=O)N1CCC(c2ccccc2CN)CC1.Cl. The Morgan fingerprint density at radius 3 is 2.41 bits per heavy atom. The van der Waals surface area contributed by atoms with Crippen molar-refractivity contribution >= 4 is 18.5 Å². The highest BCUT2D eigenvalue weighted by Gasteiger charge is 2.28. The van der Waals surface area contributed by atoms with E-state index in [1.807, 2.05) is 31.7 Å². The Morgan fingerprint density at radius 2 is 1.86 bits per heavy atom. The Balaban J connectivity index is 0.00000242. The predicted octanol–water partition coefficient (Wildman–Crippen LogP) is 3.68. The Bertz CT molecular complexity index is 492. The van der Waals surface area contributed by atoms with E-state index >= 15 is 0 Å². The first-order chi connectivity index (χ1) is 9.90. The van der Waals surface area contributed by atoms with E-state index in [-0.39, 0.29) is 18.5 Å². The molecule has 1 fully saturated rings. The predicted molar refractivity (Wildman–Crippen MR) is 91.4 cm³/mol. The zero-order valence-electron chi connectivity index (χ0n) is 13.7. The van der Waals surface area contributed by atoms with Crippen LogP contribution in [0.15, 0.2) is 24.3 Å². The lowest BCUT2D eigenvalue weighted by Gasteiger charge is -2.34. The summed E-state index contributed by atoms with van der Waals surface area (Å²) in [6.45, 7) is 7.76. The van der Waals surface area contributed by atoms with Crippen LogP contribution in [0, 0.1) is 0 Å². The number of rotatable bonds is 2. The van der Waals surface area contributed by atoms with Gasteiger partial charge in [0, 0.05) is 19.6 Å². The van der Waals surface area contributed by atoms with Gasteiger partial charge in [0.15, 0.2) is 0 Å². The van der Waals surface area contributed by atoms with Crippen LogP contribution in [0.5, 0.6) is 0 Å². The van der Waals surface area contributed by atoms with E-state index in [1.165, 1.54) is 11.1 Å². The lowest BCUT2D eigenvalue weighted by atomic mass is 9.86. The number of hydrogen-bond donors (Lipinski definition) is 1. The van der Waals surface area contributed by atoms with E-state index in [9.17, 15) is 4.79 Å². The summed E-state index contributed by atoms with van der Waals surface area (Å²) in [7, 11) is 0. The maximum absolute atomic E-state index is 12.1. The number of nitrogens with zero attached hydrogens (tertiary/aromatic N) is 1. The topological polar surface area (TPSA) is 55.6 Å². The van der Waals surface area contributed by atoms with Crippen molar-refractivity contribution in [2.45, 2.75) is 51.7 Å². The molecule has 1 heterocycles. The zero-order valence-corrected chi connectivity index (χ0v) is 14.5. The van der Waals surface area contributed by atoms with E-state index in [0.29, 0.717) is 12.5 Å². The van der Waals surface area contributed by atoms with Gasteiger partial charge in [0.1, 0.15) is 5.60 Å². The molecule has 0 spiro atoms. The molecule has 0 unspecified atom stereocenters. The number of likely N-dealkylation sites (tertiary alicyclic amines) is 1. The van der Waals surface area contributed by atoms with Gasteiger partial charge in [0.2, 0.25) is 0 Å². The summed E-state index contributed by atoms with van der Waals surface area (Å²) in [6, 6.07) is 8.35. The fourth-order valence-corrected chi connectivity index (χ4v) is 2.82. The molecule has 0 radical (unpaired) electrons. The molecule has 5 heteroatoms. The number of piperidine rings is 1. The number of carbonyl (C=O) groups is 1. The van der Waals surface area contributed by atoms with E-state index in [0.717, 1.165) is 25.9 Å². The molecule has 1 aliphatic heterocycles. The minimum atomic E-state index is -0.430. The molecule has 0 bridgehead atoms. The normalized spacial score (nSPS) is 16.1. The van der Waals surface area contributed by atoms with Crippen molar-refractivity contribution in [1.82, 2.24) is 4.90 Å². The van der Waals surface area contributed by atoms with Crippen molar-refractivity contribution in [1.29, 1.82) is 0 Å². The average molecular weight is 327 g/mol. The third kappa shape index (κ3) is 4.89. The van der Waals surface area contributed by atoms with Crippen LogP contribution < -0.4 is 5.73 Å². The first-order valence-corrected chi connectivity index (χ1v) is 7.66. The second kappa shape index (κ2) is 7.84. The van der Waals surface area contributed by atoms with Gasteiger partial charge in [-0.05, 0) is 50.7 Å². The molecular formula is C17H27ClN2O2. The van der Waals surface area contributed by atoms with Crippen LogP contribution in [0.25, 0.3) is 0 Å². The highest BCUT2D eigenvalue weighted by atomic mass is 35.5. The molecule has 0 saturated carbocycles. The number of carbonyl (C=O) groups excluding carboxylic acids is 1. The Morgan fingerprint density at radius 1 is 1.27 bits per heavy atom. The highest BCUT2D eigenvalue weighted by molar-refractivity contribution is 5.85. The third-order valence-electron chi connectivity index (χ3n) is 3.86. The fourth-order valence-electron chi connectivity index (χ4n) is 2.82. The summed E-state index contributed by atoms with van der Waals surface area (Å²) in [5, 5.41) is 0. The molecule has 1 aliphatic rings. The minimum Gasteiger partial charge on any atom is -0.444 e. The maximum atomic E-state index is 12.1. The molecule has 22 heavy (non-hydrogen) atoms. The van der Waals surface area contributed by atoms with Crippen molar-refractivity contribution in [2.75, 3.05) is 13.1 Å². The van der Waals surface area contributed by atoms with Crippen molar-refractivity contribution in [3.8, 4) is 0 Å². The number of ether oxygens (including phenoxy) is 1. The van der Waals surface area contributed by atoms with Crippen molar-refractivity contribution < 1.29 is 9.53 Å². The lowest BCUT2D eigenvalue weighted by molar-refractivity contribution is 0.0204. The molecule has 1 aromatic rings. The monoisotopic (exact) mass is 326 g/mol. The second-order valence-corrected chi connectivity index (χ2v) is 6.64. The Labute approximate surface area is 139 Å². The molecule has 1 saturated heterocycles. The molecule has 1 amide bonds. The maximum Gasteiger partial charge on any atom is 0.410 e. The van der Waals surface area contributed by atoms with Gasteiger partial charge in [-0.25, -0.2) is 4.79 Å². The zero-order chi connectivity index (χ0) is 15.5. The van der Waals surface area contributed by atoms with E-state index in [1.54, 1.807) is 0 Å². The Hall–Kier alpha value is -1.26. The van der Waals surface area contributed by atoms with Gasteiger partial charge in [-0.1, -0.05) is 24.3 Å². The molecule has 1 aromatic carbocycles. The van der Waals surface area contributed by atoms with Crippen LogP contribution in [0.1, 0.15) is 50.7 Å². The summed E-state index contributed by atoms with van der Waals surface area (Å²) in [6.07, 6.45) is 1.74. The standard InChI is InChI=1S/C17H26N2O2.ClH/c1-17(2,3)21-16(20)19-10-8-13(9-11-19)15-7-5-4-6-14(15)12-18;/h4-7,13H,8-12,18H2,1-3H3;1H. The van der Waals surface area contributed by atoms with Crippen LogP contribution in [0.2, 0.25) is 0 Å². The molecule has 2 N–H and O–H groups in total. The van der Waals surface area contributed by atoms with Crippen LogP contribution in [0.3, 0.4) is 0 Å². The Kier molecular flexibility index (Phi) is 6.69. The van der Waals surface area contributed by atoms with Crippen molar-refractivity contribution in [3.63, 3.8) is 0 Å². The first-order valence-electron chi connectivity index (χ1n) is 7.66. The highest BCUT2D eigenvalue weighted by Crippen LogP contribution is 2.30. The van der Waals surface area contributed by atoms with Gasteiger partial charge in [-0.15, -0.1) is 12.4 Å². The number of benzene rings is 1. The van der Waals surface area contributed by atoms with Crippen LogP contribution >= 0.6 is 12.4 Å². The van der Waals surface area contributed by atoms with E-state index in [2.05, 4.69) is 18.2 Å². The molecular weight excluding hydrogens is 300 g/mol. The molecule has 4 nitrogen and oxygen atoms in total. The van der Waals surface area contributed by atoms with Crippen LogP contribution in [-0.4, -0.2) is 29.7 Å². The summed E-state index contributed by atoms with van der Waals surface area (Å²) in [5.74, 6) is 0.489. The largest absolute Gasteiger partial charge is 0.444 e. The lowest BCUT2D eigenvalue weighted by Crippen LogP contribution is -2.41. The number of hydrogen-bond acceptors (Lipinski definition) is 3. The smallest absolute Gasteiger partial charge is 0.410 e. The number of halogens is 1. The van der Waals surface area contributed by atoms with Gasteiger partial charge >= 0.3 is 6.09 Å². The summed E-state index contributed by atoms with van der Waals surface area (Å²) < 4.78 is 5.43. The van der Waals surface area contributed by atoms with E-state index in [4.69, 9.17) is 10.5 Å². The van der Waals surface area contributed by atoms with Crippen molar-refractivity contribution in [2.24, 2.45) is 5.73 Å². The minimum absolute atomic E-state index is 0. The van der Waals surface area contributed by atoms with Gasteiger partial charge < -0.3 is 15.4 Å². The first kappa shape index (κ1) is 18.8. The van der Waals surface area contributed by atoms with Gasteiger partial charge in [0.05, 0.1) is 0 Å². The molecule has 0 aromatic heterocycles. The summed E-state index contributed by atoms with van der Waals surface area (Å²) in [5.41, 5.74) is 7.94. The summed E-state index contributed by atoms with van der Waals surface area (Å²) in [4.78, 5) is 13.9. The number of nitrogens with two attached hydrogens (primary N) is 1. The average Bonchev–Trinajstić information content (AvgIpc) is 2.45. The third-order valence-corrected chi connectivity index (χ3v) is 3.86. The van der Waals surface area contributed by atoms with Crippen LogP contribution in [0.4, 0.5) is 4.79 Å². The molecule has 2 rings (SSSR count). The van der Waals surface area contributed by atoms with Gasteiger partial charge in [-0.2, -0.15) is 0 Å². The van der Waals surface area contributed by atoms with Gasteiger partial charge in [0.25, 0.3) is 0 Å². The second-order valence-electron chi connectivity index (χ2n) is 6.64. The molecule has 0 aliphatic carbocycles. The number of amides is 1. The van der Waals surface area contributed by atoms with Gasteiger partial charge in [-0.3, -0.25) is 0 Å². The van der Waals surface area contributed by atoms with Crippen molar-refractivity contribution in [3.05, 3.63) is 35.4 Å². The molecule has 124 valence electrons.